The molecule has 0 aliphatic carbocycles. The van der Waals surface area contributed by atoms with Crippen LogP contribution in [0.3, 0.4) is 0 Å². The fraction of sp³-hybridized carbons (Fsp3) is 0.350. The lowest BCUT2D eigenvalue weighted by molar-refractivity contribution is -0.144. The highest BCUT2D eigenvalue weighted by Gasteiger charge is 2.33. The molecule has 1 saturated heterocycles. The lowest BCUT2D eigenvalue weighted by Gasteiger charge is -2.37. The Morgan fingerprint density at radius 2 is 1.63 bits per heavy atom. The molecular formula is C20H19BrF3NO2. The molecule has 0 radical (unpaired) electrons. The van der Waals surface area contributed by atoms with Crippen molar-refractivity contribution in [2.24, 2.45) is 5.92 Å². The van der Waals surface area contributed by atoms with Crippen LogP contribution in [0.25, 0.3) is 0 Å². The van der Waals surface area contributed by atoms with Gasteiger partial charge in [-0.3, -0.25) is 9.69 Å². The molecule has 1 aliphatic rings. The largest absolute Gasteiger partial charge is 0.481 e. The van der Waals surface area contributed by atoms with Crippen LogP contribution in [0.1, 0.15) is 35.6 Å². The summed E-state index contributed by atoms with van der Waals surface area (Å²) in [5, 5.41) is 9.38. The highest BCUT2D eigenvalue weighted by molar-refractivity contribution is 9.10. The summed E-state index contributed by atoms with van der Waals surface area (Å²) < 4.78 is 39.6. The van der Waals surface area contributed by atoms with E-state index in [1.54, 1.807) is 0 Å². The molecule has 27 heavy (non-hydrogen) atoms. The number of alkyl halides is 3. The number of carboxylic acid groups (broad SMARTS) is 1. The summed E-state index contributed by atoms with van der Waals surface area (Å²) >= 11 is 3.39. The number of piperidine rings is 1. The molecule has 144 valence electrons. The Kier molecular flexibility index (Phi) is 5.91. The zero-order chi connectivity index (χ0) is 19.6. The first-order chi connectivity index (χ1) is 12.8. The molecule has 2 unspecified atom stereocenters. The Labute approximate surface area is 163 Å². The van der Waals surface area contributed by atoms with E-state index >= 15 is 0 Å². The van der Waals surface area contributed by atoms with Crippen LogP contribution in [0, 0.1) is 5.92 Å². The summed E-state index contributed by atoms with van der Waals surface area (Å²) in [5.41, 5.74) is 0.947. The van der Waals surface area contributed by atoms with Crippen molar-refractivity contribution in [2.75, 3.05) is 13.1 Å². The van der Waals surface area contributed by atoms with Gasteiger partial charge in [-0.25, -0.2) is 0 Å². The van der Waals surface area contributed by atoms with Crippen LogP contribution < -0.4 is 0 Å². The first kappa shape index (κ1) is 19.9. The summed E-state index contributed by atoms with van der Waals surface area (Å²) in [6.45, 7) is 1.07. The summed E-state index contributed by atoms with van der Waals surface area (Å²) in [7, 11) is 0. The van der Waals surface area contributed by atoms with Crippen molar-refractivity contribution in [1.29, 1.82) is 0 Å². The lowest BCUT2D eigenvalue weighted by Crippen LogP contribution is -2.41. The van der Waals surface area contributed by atoms with Gasteiger partial charge in [-0.05, 0) is 54.8 Å². The van der Waals surface area contributed by atoms with E-state index in [0.29, 0.717) is 19.5 Å². The predicted molar refractivity (Wildman–Crippen MR) is 99.4 cm³/mol. The SMILES string of the molecule is O=C(O)C1CCCN(C(c2ccc(Br)cc2)c2ccc(C(F)(F)F)cc2)C1. The summed E-state index contributed by atoms with van der Waals surface area (Å²) in [6.07, 6.45) is -3.03. The molecule has 0 aromatic heterocycles. The van der Waals surface area contributed by atoms with E-state index in [9.17, 15) is 23.1 Å². The molecule has 0 amide bonds. The maximum Gasteiger partial charge on any atom is 0.416 e. The van der Waals surface area contributed by atoms with E-state index in [4.69, 9.17) is 0 Å². The maximum absolute atomic E-state index is 12.9. The maximum atomic E-state index is 12.9. The van der Waals surface area contributed by atoms with Gasteiger partial charge in [0.25, 0.3) is 0 Å². The first-order valence-corrected chi connectivity index (χ1v) is 9.44. The molecule has 0 saturated carbocycles. The van der Waals surface area contributed by atoms with Crippen LogP contribution in [0.2, 0.25) is 0 Å². The molecule has 3 rings (SSSR count). The molecule has 3 nitrogen and oxygen atoms in total. The lowest BCUT2D eigenvalue weighted by atomic mass is 9.91. The van der Waals surface area contributed by atoms with E-state index in [0.717, 1.165) is 34.2 Å². The van der Waals surface area contributed by atoms with Crippen LogP contribution in [-0.2, 0) is 11.0 Å². The van der Waals surface area contributed by atoms with Gasteiger partial charge in [0.2, 0.25) is 0 Å². The van der Waals surface area contributed by atoms with Crippen LogP contribution in [0.4, 0.5) is 13.2 Å². The second-order valence-electron chi connectivity index (χ2n) is 6.75. The van der Waals surface area contributed by atoms with Gasteiger partial charge in [0.05, 0.1) is 17.5 Å². The Hall–Kier alpha value is -1.86. The van der Waals surface area contributed by atoms with Crippen molar-refractivity contribution in [3.8, 4) is 0 Å². The van der Waals surface area contributed by atoms with E-state index < -0.39 is 23.6 Å². The number of benzene rings is 2. The van der Waals surface area contributed by atoms with E-state index in [2.05, 4.69) is 15.9 Å². The van der Waals surface area contributed by atoms with Gasteiger partial charge >= 0.3 is 12.1 Å². The number of carbonyl (C=O) groups is 1. The fourth-order valence-electron chi connectivity index (χ4n) is 3.56. The minimum absolute atomic E-state index is 0.289. The highest BCUT2D eigenvalue weighted by Crippen LogP contribution is 2.35. The molecule has 0 bridgehead atoms. The topological polar surface area (TPSA) is 40.5 Å². The first-order valence-electron chi connectivity index (χ1n) is 8.65. The predicted octanol–water partition coefficient (Wildman–Crippen LogP) is 5.35. The van der Waals surface area contributed by atoms with Crippen molar-refractivity contribution < 1.29 is 23.1 Å². The zero-order valence-electron chi connectivity index (χ0n) is 14.4. The minimum Gasteiger partial charge on any atom is -0.481 e. The number of hydrogen-bond donors (Lipinski definition) is 1. The van der Waals surface area contributed by atoms with E-state index in [1.165, 1.54) is 12.1 Å². The number of nitrogens with zero attached hydrogens (tertiary/aromatic N) is 1. The average molecular weight is 442 g/mol. The summed E-state index contributed by atoms with van der Waals surface area (Å²) in [4.78, 5) is 13.5. The smallest absolute Gasteiger partial charge is 0.416 e. The zero-order valence-corrected chi connectivity index (χ0v) is 16.0. The standard InChI is InChI=1S/C20H19BrF3NO2/c21-17-9-5-14(6-10-17)18(25-11-1-2-15(12-25)19(26)27)13-3-7-16(8-4-13)20(22,23)24/h3-10,15,18H,1-2,11-12H2,(H,26,27). The van der Waals surface area contributed by atoms with E-state index in [-0.39, 0.29) is 6.04 Å². The fourth-order valence-corrected chi connectivity index (χ4v) is 3.82. The van der Waals surface area contributed by atoms with Crippen LogP contribution >= 0.6 is 15.9 Å². The van der Waals surface area contributed by atoms with Gasteiger partial charge in [0.15, 0.2) is 0 Å². The molecular weight excluding hydrogens is 423 g/mol. The monoisotopic (exact) mass is 441 g/mol. The second-order valence-corrected chi connectivity index (χ2v) is 7.66. The Bertz CT molecular complexity index is 790. The quantitative estimate of drug-likeness (QED) is 0.694. The van der Waals surface area contributed by atoms with Gasteiger partial charge in [-0.2, -0.15) is 13.2 Å². The number of aliphatic carboxylic acids is 1. The molecule has 1 heterocycles. The molecule has 0 spiro atoms. The van der Waals surface area contributed by atoms with Crippen molar-refractivity contribution in [3.63, 3.8) is 0 Å². The number of halogens is 4. The van der Waals surface area contributed by atoms with Crippen molar-refractivity contribution in [1.82, 2.24) is 4.90 Å². The highest BCUT2D eigenvalue weighted by atomic mass is 79.9. The molecule has 2 atom stereocenters. The molecule has 1 fully saturated rings. The van der Waals surface area contributed by atoms with E-state index in [1.807, 2.05) is 29.2 Å². The average Bonchev–Trinajstić information content (AvgIpc) is 2.63. The van der Waals surface area contributed by atoms with Gasteiger partial charge in [0.1, 0.15) is 0 Å². The normalized spacial score (nSPS) is 19.6. The van der Waals surface area contributed by atoms with Crippen molar-refractivity contribution >= 4 is 21.9 Å². The Balaban J connectivity index is 1.97. The Morgan fingerprint density at radius 3 is 2.15 bits per heavy atom. The van der Waals surface area contributed by atoms with Crippen LogP contribution in [-0.4, -0.2) is 29.1 Å². The van der Waals surface area contributed by atoms with Gasteiger partial charge < -0.3 is 5.11 Å². The van der Waals surface area contributed by atoms with Crippen molar-refractivity contribution in [3.05, 3.63) is 69.7 Å². The number of hydrogen-bond acceptors (Lipinski definition) is 2. The van der Waals surface area contributed by atoms with Crippen LogP contribution in [0.15, 0.2) is 53.0 Å². The number of likely N-dealkylation sites (tertiary alicyclic amines) is 1. The van der Waals surface area contributed by atoms with Crippen molar-refractivity contribution in [2.45, 2.75) is 25.1 Å². The Morgan fingerprint density at radius 1 is 1.07 bits per heavy atom. The second kappa shape index (κ2) is 8.02. The molecule has 2 aromatic rings. The van der Waals surface area contributed by atoms with Crippen LogP contribution in [0.5, 0.6) is 0 Å². The van der Waals surface area contributed by atoms with Gasteiger partial charge in [-0.1, -0.05) is 40.2 Å². The third-order valence-corrected chi connectivity index (χ3v) is 5.44. The van der Waals surface area contributed by atoms with Gasteiger partial charge in [-0.15, -0.1) is 0 Å². The third kappa shape index (κ3) is 4.71. The number of rotatable bonds is 4. The summed E-state index contributed by atoms with van der Waals surface area (Å²) in [5.74, 6) is -1.30. The molecule has 7 heteroatoms. The third-order valence-electron chi connectivity index (χ3n) is 4.91. The summed E-state index contributed by atoms with van der Waals surface area (Å²) in [6, 6.07) is 12.4. The molecule has 1 aliphatic heterocycles. The molecule has 1 N–H and O–H groups in total. The minimum atomic E-state index is -4.38. The molecule has 2 aromatic carbocycles. The van der Waals surface area contributed by atoms with Gasteiger partial charge in [0, 0.05) is 11.0 Å². The number of carboxylic acids is 1.